The molecule has 1 unspecified atom stereocenters. The summed E-state index contributed by atoms with van der Waals surface area (Å²) in [5.41, 5.74) is 7.01. The van der Waals surface area contributed by atoms with Crippen molar-refractivity contribution in [1.29, 1.82) is 0 Å². The van der Waals surface area contributed by atoms with E-state index in [9.17, 15) is 10.2 Å². The Hall–Kier alpha value is -1.26. The van der Waals surface area contributed by atoms with Gasteiger partial charge in [-0.05, 0) is 30.5 Å². The molecule has 0 amide bonds. The molecule has 0 saturated carbocycles. The SMILES string of the molecule is Cc1c(CC(N)CO)ccc(O)c1O. The Kier molecular flexibility index (Phi) is 3.33. The van der Waals surface area contributed by atoms with Crippen LogP contribution in [0.2, 0.25) is 0 Å². The monoisotopic (exact) mass is 197 g/mol. The Morgan fingerprint density at radius 3 is 2.57 bits per heavy atom. The molecule has 5 N–H and O–H groups in total. The Bertz CT molecular complexity index is 325. The van der Waals surface area contributed by atoms with Gasteiger partial charge in [-0.2, -0.15) is 0 Å². The van der Waals surface area contributed by atoms with Crippen LogP contribution in [0.3, 0.4) is 0 Å². The molecule has 4 nitrogen and oxygen atoms in total. The highest BCUT2D eigenvalue weighted by Gasteiger charge is 2.10. The number of hydrogen-bond acceptors (Lipinski definition) is 4. The molecule has 0 aliphatic heterocycles. The van der Waals surface area contributed by atoms with E-state index in [2.05, 4.69) is 0 Å². The van der Waals surface area contributed by atoms with Crippen LogP contribution in [0, 0.1) is 6.92 Å². The fraction of sp³-hybridized carbons (Fsp3) is 0.400. The Balaban J connectivity index is 2.94. The second kappa shape index (κ2) is 4.30. The maximum atomic E-state index is 9.42. The molecule has 0 aromatic heterocycles. The minimum Gasteiger partial charge on any atom is -0.504 e. The first kappa shape index (κ1) is 10.8. The molecule has 1 aromatic carbocycles. The molecule has 0 fully saturated rings. The zero-order valence-electron chi connectivity index (χ0n) is 8.07. The van der Waals surface area contributed by atoms with Gasteiger partial charge in [-0.25, -0.2) is 0 Å². The molecule has 1 rings (SSSR count). The quantitative estimate of drug-likeness (QED) is 0.524. The third kappa shape index (κ3) is 2.16. The van der Waals surface area contributed by atoms with Crippen molar-refractivity contribution in [2.75, 3.05) is 6.61 Å². The molecule has 0 aliphatic carbocycles. The number of rotatable bonds is 3. The average molecular weight is 197 g/mol. The fourth-order valence-corrected chi connectivity index (χ4v) is 1.30. The first-order chi connectivity index (χ1) is 6.56. The summed E-state index contributed by atoms with van der Waals surface area (Å²) in [5.74, 6) is -0.253. The number of phenols is 2. The van der Waals surface area contributed by atoms with Crippen molar-refractivity contribution >= 4 is 0 Å². The van der Waals surface area contributed by atoms with E-state index in [0.29, 0.717) is 12.0 Å². The van der Waals surface area contributed by atoms with E-state index in [4.69, 9.17) is 10.8 Å². The Labute approximate surface area is 82.6 Å². The van der Waals surface area contributed by atoms with Gasteiger partial charge in [0, 0.05) is 6.04 Å². The predicted molar refractivity (Wildman–Crippen MR) is 53.3 cm³/mol. The van der Waals surface area contributed by atoms with Gasteiger partial charge in [-0.1, -0.05) is 6.07 Å². The molecule has 1 aromatic rings. The van der Waals surface area contributed by atoms with Crippen molar-refractivity contribution in [3.63, 3.8) is 0 Å². The van der Waals surface area contributed by atoms with Crippen LogP contribution in [0.4, 0.5) is 0 Å². The van der Waals surface area contributed by atoms with Crippen molar-refractivity contribution in [2.24, 2.45) is 5.73 Å². The molecular formula is C10H15NO3. The third-order valence-electron chi connectivity index (χ3n) is 2.24. The van der Waals surface area contributed by atoms with Crippen molar-refractivity contribution in [1.82, 2.24) is 0 Å². The maximum absolute atomic E-state index is 9.42. The van der Waals surface area contributed by atoms with Gasteiger partial charge in [0.15, 0.2) is 11.5 Å². The second-order valence-electron chi connectivity index (χ2n) is 3.36. The lowest BCUT2D eigenvalue weighted by Crippen LogP contribution is -2.27. The van der Waals surface area contributed by atoms with Crippen molar-refractivity contribution < 1.29 is 15.3 Å². The lowest BCUT2D eigenvalue weighted by molar-refractivity contribution is 0.265. The lowest BCUT2D eigenvalue weighted by atomic mass is 10.0. The van der Waals surface area contributed by atoms with Crippen LogP contribution < -0.4 is 5.73 Å². The van der Waals surface area contributed by atoms with E-state index in [1.165, 1.54) is 6.07 Å². The van der Waals surface area contributed by atoms with Crippen molar-refractivity contribution in [3.8, 4) is 11.5 Å². The van der Waals surface area contributed by atoms with Gasteiger partial charge >= 0.3 is 0 Å². The number of aliphatic hydroxyl groups is 1. The molecule has 78 valence electrons. The van der Waals surface area contributed by atoms with Gasteiger partial charge in [0.25, 0.3) is 0 Å². The largest absolute Gasteiger partial charge is 0.504 e. The molecule has 0 spiro atoms. The first-order valence-electron chi connectivity index (χ1n) is 4.43. The summed E-state index contributed by atoms with van der Waals surface area (Å²) < 4.78 is 0. The maximum Gasteiger partial charge on any atom is 0.160 e. The smallest absolute Gasteiger partial charge is 0.160 e. The third-order valence-corrected chi connectivity index (χ3v) is 2.24. The Morgan fingerprint density at radius 1 is 1.36 bits per heavy atom. The molecule has 0 bridgehead atoms. The van der Waals surface area contributed by atoms with Crippen LogP contribution in [0.15, 0.2) is 12.1 Å². The van der Waals surface area contributed by atoms with Crippen molar-refractivity contribution in [3.05, 3.63) is 23.3 Å². The minimum absolute atomic E-state index is 0.0962. The standard InChI is InChI=1S/C10H15NO3/c1-6-7(4-8(11)5-12)2-3-9(13)10(6)14/h2-3,8,12-14H,4-5,11H2,1H3. The van der Waals surface area contributed by atoms with Crippen LogP contribution in [0.1, 0.15) is 11.1 Å². The number of benzene rings is 1. The number of phenolic OH excluding ortho intramolecular Hbond substituents is 2. The summed E-state index contributed by atoms with van der Waals surface area (Å²) in [4.78, 5) is 0. The van der Waals surface area contributed by atoms with E-state index in [1.807, 2.05) is 0 Å². The van der Waals surface area contributed by atoms with Gasteiger partial charge in [0.2, 0.25) is 0 Å². The van der Waals surface area contributed by atoms with Crippen LogP contribution >= 0.6 is 0 Å². The number of aliphatic hydroxyl groups excluding tert-OH is 1. The summed E-state index contributed by atoms with van der Waals surface area (Å²) in [6, 6.07) is 2.78. The summed E-state index contributed by atoms with van der Waals surface area (Å²) in [7, 11) is 0. The number of hydrogen-bond donors (Lipinski definition) is 4. The highest BCUT2D eigenvalue weighted by Crippen LogP contribution is 2.30. The summed E-state index contributed by atoms with van der Waals surface area (Å²) in [5, 5.41) is 27.4. The normalized spacial score (nSPS) is 12.8. The van der Waals surface area contributed by atoms with Crippen LogP contribution in [-0.4, -0.2) is 28.0 Å². The summed E-state index contributed by atoms with van der Waals surface area (Å²) in [6.45, 7) is 1.61. The molecule has 0 radical (unpaired) electrons. The molecule has 0 saturated heterocycles. The predicted octanol–water partition coefficient (Wildman–Crippen LogP) is 0.268. The minimum atomic E-state index is -0.336. The molecule has 1 atom stereocenters. The number of aromatic hydroxyl groups is 2. The highest BCUT2D eigenvalue weighted by molar-refractivity contribution is 5.48. The lowest BCUT2D eigenvalue weighted by Gasteiger charge is -2.12. The summed E-state index contributed by atoms with van der Waals surface area (Å²) >= 11 is 0. The average Bonchev–Trinajstić information content (AvgIpc) is 2.19. The van der Waals surface area contributed by atoms with E-state index < -0.39 is 0 Å². The second-order valence-corrected chi connectivity index (χ2v) is 3.36. The topological polar surface area (TPSA) is 86.7 Å². The molecule has 0 heterocycles. The first-order valence-corrected chi connectivity index (χ1v) is 4.43. The van der Waals surface area contributed by atoms with Gasteiger partial charge < -0.3 is 21.1 Å². The molecule has 0 aliphatic rings. The molecule has 14 heavy (non-hydrogen) atoms. The van der Waals surface area contributed by atoms with Crippen molar-refractivity contribution in [2.45, 2.75) is 19.4 Å². The van der Waals surface area contributed by atoms with E-state index in [-0.39, 0.29) is 24.1 Å². The van der Waals surface area contributed by atoms with E-state index in [1.54, 1.807) is 13.0 Å². The number of nitrogens with two attached hydrogens (primary N) is 1. The van der Waals surface area contributed by atoms with Gasteiger partial charge in [-0.15, -0.1) is 0 Å². The van der Waals surface area contributed by atoms with Crippen LogP contribution in [0.25, 0.3) is 0 Å². The van der Waals surface area contributed by atoms with Crippen LogP contribution in [0.5, 0.6) is 11.5 Å². The van der Waals surface area contributed by atoms with Crippen LogP contribution in [-0.2, 0) is 6.42 Å². The zero-order valence-corrected chi connectivity index (χ0v) is 8.07. The summed E-state index contributed by atoms with van der Waals surface area (Å²) in [6.07, 6.45) is 0.482. The molecule has 4 heteroatoms. The van der Waals surface area contributed by atoms with Gasteiger partial charge in [0.1, 0.15) is 0 Å². The van der Waals surface area contributed by atoms with Gasteiger partial charge in [-0.3, -0.25) is 0 Å². The Morgan fingerprint density at radius 2 is 2.00 bits per heavy atom. The van der Waals surface area contributed by atoms with E-state index in [0.717, 1.165) is 5.56 Å². The molecular weight excluding hydrogens is 182 g/mol. The van der Waals surface area contributed by atoms with Gasteiger partial charge in [0.05, 0.1) is 6.61 Å². The van der Waals surface area contributed by atoms with E-state index >= 15 is 0 Å². The fourth-order valence-electron chi connectivity index (χ4n) is 1.30. The highest BCUT2D eigenvalue weighted by atomic mass is 16.3. The zero-order chi connectivity index (χ0) is 10.7.